The number of nitrogens with one attached hydrogen (secondary N) is 2. The number of nitrogens with zero attached hydrogens (tertiary/aromatic N) is 2. The molecule has 21 heavy (non-hydrogen) atoms. The number of benzene rings is 1. The minimum atomic E-state index is -0.152. The van der Waals surface area contributed by atoms with Gasteiger partial charge in [-0.25, -0.2) is 4.98 Å². The molecule has 0 atom stereocenters. The van der Waals surface area contributed by atoms with Crippen molar-refractivity contribution in [3.8, 4) is 11.3 Å². The van der Waals surface area contributed by atoms with Gasteiger partial charge in [0, 0.05) is 34.9 Å². The smallest absolute Gasteiger partial charge is 0.255 e. The SMILES string of the molecule is Cc1[nH]cnc1-c1ccc(NC(=O)c2ccncc2)cc1. The largest absolute Gasteiger partial charge is 0.348 e. The third-order valence-corrected chi connectivity index (χ3v) is 3.19. The number of amides is 1. The number of hydrogen-bond donors (Lipinski definition) is 2. The summed E-state index contributed by atoms with van der Waals surface area (Å²) in [4.78, 5) is 23.2. The molecular weight excluding hydrogens is 264 g/mol. The zero-order chi connectivity index (χ0) is 14.7. The quantitative estimate of drug-likeness (QED) is 0.773. The maximum absolute atomic E-state index is 12.0. The molecule has 3 rings (SSSR count). The summed E-state index contributed by atoms with van der Waals surface area (Å²) in [5, 5.41) is 2.85. The molecule has 3 aromatic rings. The number of aromatic nitrogens is 3. The zero-order valence-electron chi connectivity index (χ0n) is 11.5. The number of aryl methyl sites for hydroxylation is 1. The number of imidazole rings is 1. The Morgan fingerprint density at radius 2 is 1.81 bits per heavy atom. The Balaban J connectivity index is 1.76. The van der Waals surface area contributed by atoms with Crippen LogP contribution in [-0.2, 0) is 0 Å². The summed E-state index contributed by atoms with van der Waals surface area (Å²) in [6.45, 7) is 1.97. The maximum atomic E-state index is 12.0. The van der Waals surface area contributed by atoms with Gasteiger partial charge in [-0.1, -0.05) is 12.1 Å². The van der Waals surface area contributed by atoms with Crippen molar-refractivity contribution in [3.63, 3.8) is 0 Å². The molecule has 104 valence electrons. The first-order valence-corrected chi connectivity index (χ1v) is 6.56. The highest BCUT2D eigenvalue weighted by Gasteiger charge is 2.07. The van der Waals surface area contributed by atoms with Crippen LogP contribution in [-0.4, -0.2) is 20.9 Å². The van der Waals surface area contributed by atoms with Crippen LogP contribution in [0.15, 0.2) is 55.1 Å². The van der Waals surface area contributed by atoms with Crippen molar-refractivity contribution in [1.82, 2.24) is 15.0 Å². The van der Waals surface area contributed by atoms with E-state index < -0.39 is 0 Å². The predicted molar refractivity (Wildman–Crippen MR) is 81.0 cm³/mol. The van der Waals surface area contributed by atoms with Crippen LogP contribution >= 0.6 is 0 Å². The summed E-state index contributed by atoms with van der Waals surface area (Å²) in [6.07, 6.45) is 4.86. The van der Waals surface area contributed by atoms with Crippen LogP contribution in [0.2, 0.25) is 0 Å². The molecule has 0 aliphatic heterocycles. The highest BCUT2D eigenvalue weighted by atomic mass is 16.1. The average molecular weight is 278 g/mol. The lowest BCUT2D eigenvalue weighted by atomic mass is 10.1. The number of hydrogen-bond acceptors (Lipinski definition) is 3. The molecule has 0 saturated heterocycles. The lowest BCUT2D eigenvalue weighted by Gasteiger charge is -2.06. The molecule has 0 unspecified atom stereocenters. The van der Waals surface area contributed by atoms with Crippen LogP contribution in [0.5, 0.6) is 0 Å². The van der Waals surface area contributed by atoms with Crippen LogP contribution in [0.1, 0.15) is 16.1 Å². The summed E-state index contributed by atoms with van der Waals surface area (Å²) in [6, 6.07) is 11.0. The molecule has 1 aromatic carbocycles. The van der Waals surface area contributed by atoms with E-state index in [1.54, 1.807) is 30.9 Å². The molecule has 2 heterocycles. The number of carbonyl (C=O) groups excluding carboxylic acids is 1. The topological polar surface area (TPSA) is 70.7 Å². The van der Waals surface area contributed by atoms with Crippen LogP contribution in [0.3, 0.4) is 0 Å². The van der Waals surface area contributed by atoms with Crippen molar-refractivity contribution in [2.75, 3.05) is 5.32 Å². The van der Waals surface area contributed by atoms with E-state index in [1.165, 1.54) is 0 Å². The first-order valence-electron chi connectivity index (χ1n) is 6.56. The third-order valence-electron chi connectivity index (χ3n) is 3.19. The molecule has 2 N–H and O–H groups in total. The Morgan fingerprint density at radius 1 is 1.10 bits per heavy atom. The predicted octanol–water partition coefficient (Wildman–Crippen LogP) is 3.03. The van der Waals surface area contributed by atoms with Gasteiger partial charge in [-0.3, -0.25) is 9.78 Å². The Bertz CT molecular complexity index is 747. The molecule has 5 nitrogen and oxygen atoms in total. The standard InChI is InChI=1S/C16H14N4O/c1-11-15(19-10-18-11)12-2-4-14(5-3-12)20-16(21)13-6-8-17-9-7-13/h2-10H,1H3,(H,18,19)(H,20,21). The molecule has 0 bridgehead atoms. The van der Waals surface area contributed by atoms with Crippen LogP contribution in [0.4, 0.5) is 5.69 Å². The van der Waals surface area contributed by atoms with E-state index in [-0.39, 0.29) is 5.91 Å². The first kappa shape index (κ1) is 13.1. The molecule has 0 aliphatic rings. The average Bonchev–Trinajstić information content (AvgIpc) is 2.95. The fraction of sp³-hybridized carbons (Fsp3) is 0.0625. The molecule has 0 saturated carbocycles. The molecule has 1 amide bonds. The molecule has 2 aromatic heterocycles. The Kier molecular flexibility index (Phi) is 3.47. The maximum Gasteiger partial charge on any atom is 0.255 e. The zero-order valence-corrected chi connectivity index (χ0v) is 11.5. The van der Waals surface area contributed by atoms with Crippen molar-refractivity contribution < 1.29 is 4.79 Å². The number of anilines is 1. The van der Waals surface area contributed by atoms with Gasteiger partial charge in [0.2, 0.25) is 0 Å². The van der Waals surface area contributed by atoms with Crippen molar-refractivity contribution in [1.29, 1.82) is 0 Å². The second-order valence-electron chi connectivity index (χ2n) is 4.64. The normalized spacial score (nSPS) is 10.3. The van der Waals surface area contributed by atoms with Gasteiger partial charge in [-0.05, 0) is 31.2 Å². The van der Waals surface area contributed by atoms with E-state index in [0.717, 1.165) is 22.6 Å². The van der Waals surface area contributed by atoms with Gasteiger partial charge in [0.1, 0.15) is 0 Å². The summed E-state index contributed by atoms with van der Waals surface area (Å²) in [5.74, 6) is -0.152. The van der Waals surface area contributed by atoms with E-state index >= 15 is 0 Å². The molecular formula is C16H14N4O. The Labute approximate surface area is 122 Å². The van der Waals surface area contributed by atoms with Crippen molar-refractivity contribution in [2.45, 2.75) is 6.92 Å². The summed E-state index contributed by atoms with van der Waals surface area (Å²) >= 11 is 0. The number of H-pyrrole nitrogens is 1. The van der Waals surface area contributed by atoms with Crippen molar-refractivity contribution in [2.24, 2.45) is 0 Å². The van der Waals surface area contributed by atoms with Crippen LogP contribution in [0.25, 0.3) is 11.3 Å². The Morgan fingerprint density at radius 3 is 2.43 bits per heavy atom. The van der Waals surface area contributed by atoms with Crippen molar-refractivity contribution in [3.05, 3.63) is 66.4 Å². The second-order valence-corrected chi connectivity index (χ2v) is 4.64. The summed E-state index contributed by atoms with van der Waals surface area (Å²) in [7, 11) is 0. The highest BCUT2D eigenvalue weighted by molar-refractivity contribution is 6.04. The number of pyridine rings is 1. The lowest BCUT2D eigenvalue weighted by Crippen LogP contribution is -2.11. The van der Waals surface area contributed by atoms with Gasteiger partial charge in [-0.2, -0.15) is 0 Å². The first-order chi connectivity index (χ1) is 10.2. The molecule has 0 aliphatic carbocycles. The second kappa shape index (κ2) is 5.58. The lowest BCUT2D eigenvalue weighted by molar-refractivity contribution is 0.102. The van der Waals surface area contributed by atoms with Gasteiger partial charge in [0.05, 0.1) is 12.0 Å². The van der Waals surface area contributed by atoms with Crippen LogP contribution < -0.4 is 5.32 Å². The number of carbonyl (C=O) groups is 1. The fourth-order valence-electron chi connectivity index (χ4n) is 2.07. The molecule has 0 radical (unpaired) electrons. The molecule has 0 fully saturated rings. The van der Waals surface area contributed by atoms with Crippen LogP contribution in [0, 0.1) is 6.92 Å². The van der Waals surface area contributed by atoms with E-state index in [0.29, 0.717) is 5.56 Å². The van der Waals surface area contributed by atoms with Gasteiger partial charge >= 0.3 is 0 Å². The number of aromatic amines is 1. The van der Waals surface area contributed by atoms with Crippen molar-refractivity contribution >= 4 is 11.6 Å². The van der Waals surface area contributed by atoms with E-state index in [1.807, 2.05) is 31.2 Å². The number of rotatable bonds is 3. The molecule has 0 spiro atoms. The minimum absolute atomic E-state index is 0.152. The summed E-state index contributed by atoms with van der Waals surface area (Å²) in [5.41, 5.74) is 4.27. The van der Waals surface area contributed by atoms with Gasteiger partial charge in [-0.15, -0.1) is 0 Å². The summed E-state index contributed by atoms with van der Waals surface area (Å²) < 4.78 is 0. The fourth-order valence-corrected chi connectivity index (χ4v) is 2.07. The Hall–Kier alpha value is -2.95. The van der Waals surface area contributed by atoms with E-state index in [9.17, 15) is 4.79 Å². The van der Waals surface area contributed by atoms with Gasteiger partial charge in [0.25, 0.3) is 5.91 Å². The highest BCUT2D eigenvalue weighted by Crippen LogP contribution is 2.21. The monoisotopic (exact) mass is 278 g/mol. The molecule has 5 heteroatoms. The van der Waals surface area contributed by atoms with E-state index in [4.69, 9.17) is 0 Å². The minimum Gasteiger partial charge on any atom is -0.348 e. The van der Waals surface area contributed by atoms with Gasteiger partial charge < -0.3 is 10.3 Å². The third kappa shape index (κ3) is 2.81. The van der Waals surface area contributed by atoms with Gasteiger partial charge in [0.15, 0.2) is 0 Å². The van der Waals surface area contributed by atoms with E-state index in [2.05, 4.69) is 20.3 Å².